The Morgan fingerprint density at radius 2 is 1.10 bits per heavy atom. The fourth-order valence-corrected chi connectivity index (χ4v) is 1.97. The Morgan fingerprint density at radius 3 is 1.48 bits per heavy atom. The summed E-state index contributed by atoms with van der Waals surface area (Å²) < 4.78 is 6.05. The van der Waals surface area contributed by atoms with Crippen LogP contribution in [-0.2, 0) is 12.8 Å². The van der Waals surface area contributed by atoms with Crippen molar-refractivity contribution in [3.8, 4) is 11.5 Å². The van der Waals surface area contributed by atoms with Gasteiger partial charge in [-0.05, 0) is 36.1 Å². The molecule has 0 heterocycles. The van der Waals surface area contributed by atoms with Gasteiger partial charge in [0.05, 0.1) is 0 Å². The zero-order valence-corrected chi connectivity index (χ0v) is 11.0. The van der Waals surface area contributed by atoms with Crippen molar-refractivity contribution in [2.24, 2.45) is 0 Å². The Morgan fingerprint density at radius 1 is 0.714 bits per heavy atom. The molecule has 0 saturated carbocycles. The third kappa shape index (κ3) is 6.15. The van der Waals surface area contributed by atoms with E-state index in [0.717, 1.165) is 35.5 Å². The third-order valence-corrected chi connectivity index (χ3v) is 2.89. The van der Waals surface area contributed by atoms with E-state index in [9.17, 15) is 0 Å². The average molecular weight is 298 g/mol. The molecule has 1 nitrogen and oxygen atoms in total. The van der Waals surface area contributed by atoms with Gasteiger partial charge in [-0.2, -0.15) is 0 Å². The zero-order chi connectivity index (χ0) is 13.5. The van der Waals surface area contributed by atoms with Crippen molar-refractivity contribution in [2.45, 2.75) is 12.8 Å². The molecule has 2 aromatic carbocycles. The monoisotopic (exact) mass is 298 g/mol. The molecule has 21 heavy (non-hydrogen) atoms. The number of para-hydroxylation sites is 2. The van der Waals surface area contributed by atoms with Crippen LogP contribution in [0.3, 0.4) is 0 Å². The first kappa shape index (κ1) is 20.7. The van der Waals surface area contributed by atoms with E-state index in [0.29, 0.717) is 0 Å². The molecule has 0 aliphatic heterocycles. The summed E-state index contributed by atoms with van der Waals surface area (Å²) in [6.45, 7) is 7.56. The van der Waals surface area contributed by atoms with Gasteiger partial charge in [0.1, 0.15) is 11.5 Å². The molecule has 0 atom stereocenters. The van der Waals surface area contributed by atoms with E-state index in [1.54, 1.807) is 0 Å². The molecule has 0 aromatic heterocycles. The summed E-state index contributed by atoms with van der Waals surface area (Å²) in [4.78, 5) is 0. The van der Waals surface area contributed by atoms with Crippen LogP contribution in [-0.4, -0.2) is 59.1 Å². The maximum atomic E-state index is 6.05. The molecule has 0 N–H and O–H groups in total. The van der Waals surface area contributed by atoms with Crippen molar-refractivity contribution in [3.63, 3.8) is 0 Å². The van der Waals surface area contributed by atoms with E-state index in [1.807, 2.05) is 48.6 Å². The van der Waals surface area contributed by atoms with Crippen LogP contribution in [0, 0.1) is 0 Å². The molecule has 0 bridgehead atoms. The van der Waals surface area contributed by atoms with Gasteiger partial charge in [-0.15, -0.1) is 13.2 Å². The van der Waals surface area contributed by atoms with Crippen molar-refractivity contribution in [2.75, 3.05) is 0 Å². The van der Waals surface area contributed by atoms with Crippen LogP contribution < -0.4 is 4.74 Å². The van der Waals surface area contributed by atoms with Crippen LogP contribution in [0.15, 0.2) is 73.8 Å². The second kappa shape index (κ2) is 11.3. The van der Waals surface area contributed by atoms with Gasteiger partial charge in [-0.25, -0.2) is 0 Å². The van der Waals surface area contributed by atoms with Gasteiger partial charge in [0.15, 0.2) is 0 Å². The zero-order valence-electron chi connectivity index (χ0n) is 11.0. The van der Waals surface area contributed by atoms with Crippen molar-refractivity contribution >= 4 is 59.1 Å². The number of benzene rings is 2. The van der Waals surface area contributed by atoms with Crippen LogP contribution in [0.4, 0.5) is 0 Å². The van der Waals surface area contributed by atoms with E-state index in [1.165, 1.54) is 0 Å². The van der Waals surface area contributed by atoms with Gasteiger partial charge in [-0.3, -0.25) is 0 Å². The van der Waals surface area contributed by atoms with E-state index in [-0.39, 0.29) is 59.1 Å². The van der Waals surface area contributed by atoms with E-state index < -0.39 is 0 Å². The summed E-state index contributed by atoms with van der Waals surface area (Å²) in [5.74, 6) is 1.78. The summed E-state index contributed by atoms with van der Waals surface area (Å²) in [7, 11) is 0. The predicted molar refractivity (Wildman–Crippen MR) is 95.1 cm³/mol. The number of ether oxygens (including phenoxy) is 1. The van der Waals surface area contributed by atoms with E-state index in [2.05, 4.69) is 25.3 Å². The van der Waals surface area contributed by atoms with Gasteiger partial charge in [0.2, 0.25) is 0 Å². The number of rotatable bonds is 6. The van der Waals surface area contributed by atoms with Crippen LogP contribution in [0.2, 0.25) is 0 Å². The molecular weight excluding hydrogens is 278 g/mol. The van der Waals surface area contributed by atoms with Crippen LogP contribution >= 0.6 is 0 Å². The first-order chi connectivity index (χ1) is 9.35. The second-order valence-electron chi connectivity index (χ2n) is 4.30. The Balaban J connectivity index is 0.00000200. The summed E-state index contributed by atoms with van der Waals surface area (Å²) in [5.41, 5.74) is 2.29. The standard InChI is InChI=1S/C18H18O.2Na.2H/c1-3-9-15-11-5-7-13-17(15)19-18-14-8-6-12-16(18)10-4-2;;;;/h3-8,11-14H,1-2,9-10H2;;;;. The first-order valence-corrected chi connectivity index (χ1v) is 6.40. The molecular formula is C18H20Na2O. The molecule has 2 rings (SSSR count). The fraction of sp³-hybridized carbons (Fsp3) is 0.111. The molecule has 0 radical (unpaired) electrons. The van der Waals surface area contributed by atoms with Gasteiger partial charge >= 0.3 is 59.1 Å². The quantitative estimate of drug-likeness (QED) is 0.584. The van der Waals surface area contributed by atoms with Crippen molar-refractivity contribution < 1.29 is 4.74 Å². The third-order valence-electron chi connectivity index (χ3n) is 2.89. The molecule has 3 heteroatoms. The van der Waals surface area contributed by atoms with Gasteiger partial charge in [-0.1, -0.05) is 48.6 Å². The van der Waals surface area contributed by atoms with Gasteiger partial charge < -0.3 is 4.74 Å². The van der Waals surface area contributed by atoms with Gasteiger partial charge in [0, 0.05) is 0 Å². The second-order valence-corrected chi connectivity index (χ2v) is 4.30. The maximum absolute atomic E-state index is 6.05. The molecule has 0 spiro atoms. The Kier molecular flexibility index (Phi) is 11.2. The summed E-state index contributed by atoms with van der Waals surface area (Å²) >= 11 is 0. The SMILES string of the molecule is C=CCc1ccccc1Oc1ccccc1CC=C.[NaH].[NaH]. The number of hydrogen-bond acceptors (Lipinski definition) is 1. The minimum atomic E-state index is 0. The molecule has 0 aliphatic rings. The van der Waals surface area contributed by atoms with Crippen molar-refractivity contribution in [3.05, 3.63) is 85.0 Å². The Hall–Kier alpha value is -0.280. The fourth-order valence-electron chi connectivity index (χ4n) is 1.97. The predicted octanol–water partition coefficient (Wildman–Crippen LogP) is 3.64. The average Bonchev–Trinajstić information content (AvgIpc) is 2.44. The van der Waals surface area contributed by atoms with Crippen molar-refractivity contribution in [1.82, 2.24) is 0 Å². The first-order valence-electron chi connectivity index (χ1n) is 6.40. The summed E-state index contributed by atoms with van der Waals surface area (Å²) in [6, 6.07) is 16.1. The van der Waals surface area contributed by atoms with Crippen LogP contribution in [0.1, 0.15) is 11.1 Å². The van der Waals surface area contributed by atoms with Crippen LogP contribution in [0.5, 0.6) is 11.5 Å². The van der Waals surface area contributed by atoms with E-state index >= 15 is 0 Å². The molecule has 2 aromatic rings. The molecule has 0 fully saturated rings. The Bertz CT molecular complexity index is 527. The molecule has 100 valence electrons. The summed E-state index contributed by atoms with van der Waals surface area (Å²) in [6.07, 6.45) is 5.38. The molecule has 0 aliphatic carbocycles. The Labute approximate surface area is 171 Å². The van der Waals surface area contributed by atoms with E-state index in [4.69, 9.17) is 4.74 Å². The number of allylic oxidation sites excluding steroid dienone is 2. The van der Waals surface area contributed by atoms with Crippen molar-refractivity contribution in [1.29, 1.82) is 0 Å². The minimum absolute atomic E-state index is 0. The molecule has 0 saturated heterocycles. The molecule has 0 unspecified atom stereocenters. The van der Waals surface area contributed by atoms with Crippen LogP contribution in [0.25, 0.3) is 0 Å². The topological polar surface area (TPSA) is 9.23 Å². The van der Waals surface area contributed by atoms with Gasteiger partial charge in [0.25, 0.3) is 0 Å². The normalized spacial score (nSPS) is 8.95. The summed E-state index contributed by atoms with van der Waals surface area (Å²) in [5, 5.41) is 0. The molecule has 0 amide bonds. The number of hydrogen-bond donors (Lipinski definition) is 0.